The van der Waals surface area contributed by atoms with E-state index in [4.69, 9.17) is 10.5 Å². The highest BCUT2D eigenvalue weighted by molar-refractivity contribution is 5.81. The van der Waals surface area contributed by atoms with Crippen LogP contribution in [0.1, 0.15) is 53.4 Å². The zero-order valence-electron chi connectivity index (χ0n) is 13.8. The fourth-order valence-corrected chi connectivity index (χ4v) is 2.69. The molecule has 3 N–H and O–H groups in total. The molecule has 0 aromatic rings. The van der Waals surface area contributed by atoms with Crippen molar-refractivity contribution < 1.29 is 14.3 Å². The second-order valence-electron chi connectivity index (χ2n) is 6.84. The van der Waals surface area contributed by atoms with Gasteiger partial charge in [-0.1, -0.05) is 12.8 Å². The van der Waals surface area contributed by atoms with Crippen LogP contribution in [-0.4, -0.2) is 47.7 Å². The molecular formula is C15H29N3O3. The number of alkyl carbamates (subject to hydrolysis) is 1. The maximum atomic E-state index is 12.1. The smallest absolute Gasteiger partial charge is 0.407 e. The monoisotopic (exact) mass is 299 g/mol. The van der Waals surface area contributed by atoms with Gasteiger partial charge in [-0.25, -0.2) is 4.79 Å². The number of amides is 2. The van der Waals surface area contributed by atoms with E-state index in [0.29, 0.717) is 0 Å². The summed E-state index contributed by atoms with van der Waals surface area (Å²) in [5.41, 5.74) is 5.14. The molecule has 0 aromatic heterocycles. The van der Waals surface area contributed by atoms with Gasteiger partial charge in [-0.2, -0.15) is 0 Å². The van der Waals surface area contributed by atoms with Crippen molar-refractivity contribution in [3.63, 3.8) is 0 Å². The molecule has 0 saturated heterocycles. The van der Waals surface area contributed by atoms with E-state index in [9.17, 15) is 9.59 Å². The van der Waals surface area contributed by atoms with E-state index < -0.39 is 17.7 Å². The number of nitrogens with zero attached hydrogens (tertiary/aromatic N) is 1. The Bertz CT molecular complexity index is 377. The highest BCUT2D eigenvalue weighted by atomic mass is 16.6. The standard InChI is InChI=1S/C15H29N3O3/c1-10(16)13(19)18(5)12-9-7-6-8-11(12)17-14(20)21-15(2,3)4/h10-12H,6-9,16H2,1-5H3,(H,17,20)/t10-,11-,12+/m0/s1. The summed E-state index contributed by atoms with van der Waals surface area (Å²) < 4.78 is 5.30. The first kappa shape index (κ1) is 17.8. The van der Waals surface area contributed by atoms with Crippen LogP contribution in [0.25, 0.3) is 0 Å². The molecule has 0 bridgehead atoms. The van der Waals surface area contributed by atoms with Crippen molar-refractivity contribution in [2.45, 2.75) is 77.1 Å². The molecule has 3 atom stereocenters. The molecule has 2 amide bonds. The van der Waals surface area contributed by atoms with Gasteiger partial charge in [-0.05, 0) is 40.5 Å². The minimum Gasteiger partial charge on any atom is -0.444 e. The van der Waals surface area contributed by atoms with Crippen molar-refractivity contribution in [1.82, 2.24) is 10.2 Å². The van der Waals surface area contributed by atoms with Gasteiger partial charge in [-0.3, -0.25) is 4.79 Å². The Morgan fingerprint density at radius 1 is 1.29 bits per heavy atom. The lowest BCUT2D eigenvalue weighted by Crippen LogP contribution is -2.56. The van der Waals surface area contributed by atoms with Crippen molar-refractivity contribution in [2.24, 2.45) is 5.73 Å². The van der Waals surface area contributed by atoms with Crippen molar-refractivity contribution in [1.29, 1.82) is 0 Å². The third kappa shape index (κ3) is 5.53. The lowest BCUT2D eigenvalue weighted by atomic mass is 9.89. The van der Waals surface area contributed by atoms with E-state index in [2.05, 4.69) is 5.32 Å². The van der Waals surface area contributed by atoms with Crippen LogP contribution in [0, 0.1) is 0 Å². The highest BCUT2D eigenvalue weighted by Gasteiger charge is 2.33. The topological polar surface area (TPSA) is 84.7 Å². The molecule has 0 heterocycles. The highest BCUT2D eigenvalue weighted by Crippen LogP contribution is 2.23. The summed E-state index contributed by atoms with van der Waals surface area (Å²) in [4.78, 5) is 25.7. The summed E-state index contributed by atoms with van der Waals surface area (Å²) in [6.07, 6.45) is 3.38. The Kier molecular flexibility index (Phi) is 6.01. The van der Waals surface area contributed by atoms with Crippen LogP contribution >= 0.6 is 0 Å². The predicted octanol–water partition coefficient (Wildman–Crippen LogP) is 1.63. The number of nitrogens with two attached hydrogens (primary N) is 1. The lowest BCUT2D eigenvalue weighted by molar-refractivity contribution is -0.134. The van der Waals surface area contributed by atoms with Crippen LogP contribution in [0.5, 0.6) is 0 Å². The second kappa shape index (κ2) is 7.11. The van der Waals surface area contributed by atoms with Crippen LogP contribution < -0.4 is 11.1 Å². The van der Waals surface area contributed by atoms with Gasteiger partial charge in [0.1, 0.15) is 5.60 Å². The van der Waals surface area contributed by atoms with Gasteiger partial charge in [0.25, 0.3) is 0 Å². The van der Waals surface area contributed by atoms with Crippen LogP contribution in [0.3, 0.4) is 0 Å². The Balaban J connectivity index is 2.69. The molecule has 0 aromatic carbocycles. The van der Waals surface area contributed by atoms with Gasteiger partial charge in [0, 0.05) is 7.05 Å². The molecular weight excluding hydrogens is 270 g/mol. The molecule has 6 nitrogen and oxygen atoms in total. The van der Waals surface area contributed by atoms with Crippen LogP contribution in [0.2, 0.25) is 0 Å². The van der Waals surface area contributed by atoms with Crippen molar-refractivity contribution in [3.05, 3.63) is 0 Å². The molecule has 1 saturated carbocycles. The number of rotatable bonds is 3. The molecule has 1 fully saturated rings. The molecule has 0 radical (unpaired) electrons. The van der Waals surface area contributed by atoms with Crippen LogP contribution in [0.4, 0.5) is 4.79 Å². The molecule has 122 valence electrons. The minimum atomic E-state index is -0.529. The number of carbonyl (C=O) groups is 2. The third-order valence-electron chi connectivity index (χ3n) is 3.67. The van der Waals surface area contributed by atoms with E-state index in [1.54, 1.807) is 18.9 Å². The zero-order chi connectivity index (χ0) is 16.2. The number of hydrogen-bond donors (Lipinski definition) is 2. The summed E-state index contributed by atoms with van der Waals surface area (Å²) in [5.74, 6) is -0.0992. The van der Waals surface area contributed by atoms with E-state index >= 15 is 0 Å². The second-order valence-corrected chi connectivity index (χ2v) is 6.84. The van der Waals surface area contributed by atoms with Gasteiger partial charge in [-0.15, -0.1) is 0 Å². The summed E-state index contributed by atoms with van der Waals surface area (Å²) in [5, 5.41) is 2.90. The van der Waals surface area contributed by atoms with Gasteiger partial charge in [0.15, 0.2) is 0 Å². The zero-order valence-corrected chi connectivity index (χ0v) is 13.8. The summed E-state index contributed by atoms with van der Waals surface area (Å²) >= 11 is 0. The maximum Gasteiger partial charge on any atom is 0.407 e. The Morgan fingerprint density at radius 3 is 2.38 bits per heavy atom. The molecule has 1 aliphatic carbocycles. The van der Waals surface area contributed by atoms with Crippen LogP contribution in [0.15, 0.2) is 0 Å². The number of nitrogens with one attached hydrogen (secondary N) is 1. The van der Waals surface area contributed by atoms with Gasteiger partial charge >= 0.3 is 6.09 Å². The van der Waals surface area contributed by atoms with Gasteiger partial charge in [0.2, 0.25) is 5.91 Å². The van der Waals surface area contributed by atoms with Gasteiger partial charge < -0.3 is 20.7 Å². The molecule has 1 aliphatic rings. The molecule has 21 heavy (non-hydrogen) atoms. The van der Waals surface area contributed by atoms with E-state index in [-0.39, 0.29) is 18.0 Å². The van der Waals surface area contributed by atoms with E-state index in [1.165, 1.54) is 0 Å². The Morgan fingerprint density at radius 2 is 1.86 bits per heavy atom. The summed E-state index contributed by atoms with van der Waals surface area (Å²) in [6, 6.07) is -0.634. The summed E-state index contributed by atoms with van der Waals surface area (Å²) in [6.45, 7) is 7.17. The van der Waals surface area contributed by atoms with Crippen molar-refractivity contribution >= 4 is 12.0 Å². The van der Waals surface area contributed by atoms with Crippen molar-refractivity contribution in [2.75, 3.05) is 7.05 Å². The maximum absolute atomic E-state index is 12.1. The molecule has 6 heteroatoms. The quantitative estimate of drug-likeness (QED) is 0.829. The average Bonchev–Trinajstić information content (AvgIpc) is 2.35. The first-order chi connectivity index (χ1) is 9.61. The van der Waals surface area contributed by atoms with Crippen LogP contribution in [-0.2, 0) is 9.53 Å². The number of ether oxygens (including phenoxy) is 1. The molecule has 1 rings (SSSR count). The normalized spacial score (nSPS) is 24.1. The average molecular weight is 299 g/mol. The molecule has 0 unspecified atom stereocenters. The predicted molar refractivity (Wildman–Crippen MR) is 81.8 cm³/mol. The first-order valence-electron chi connectivity index (χ1n) is 7.63. The molecule has 0 aliphatic heterocycles. The Labute approximate surface area is 127 Å². The van der Waals surface area contributed by atoms with E-state index in [1.807, 2.05) is 20.8 Å². The third-order valence-corrected chi connectivity index (χ3v) is 3.67. The minimum absolute atomic E-state index is 0.0234. The fourth-order valence-electron chi connectivity index (χ4n) is 2.69. The largest absolute Gasteiger partial charge is 0.444 e. The summed E-state index contributed by atoms with van der Waals surface area (Å²) in [7, 11) is 1.76. The number of likely N-dealkylation sites (N-methyl/N-ethyl adjacent to an activating group) is 1. The van der Waals surface area contributed by atoms with E-state index in [0.717, 1.165) is 25.7 Å². The first-order valence-corrected chi connectivity index (χ1v) is 7.63. The fraction of sp³-hybridized carbons (Fsp3) is 0.867. The Hall–Kier alpha value is -1.30. The van der Waals surface area contributed by atoms with Gasteiger partial charge in [0.05, 0.1) is 18.1 Å². The SMILES string of the molecule is C[C@H](N)C(=O)N(C)[C@@H]1CCCC[C@@H]1NC(=O)OC(C)(C)C. The molecule has 0 spiro atoms. The number of carbonyl (C=O) groups excluding carboxylic acids is 2. The number of hydrogen-bond acceptors (Lipinski definition) is 4. The van der Waals surface area contributed by atoms with Crippen molar-refractivity contribution in [3.8, 4) is 0 Å². The lowest BCUT2D eigenvalue weighted by Gasteiger charge is -2.39.